The molecule has 0 saturated carbocycles. The predicted molar refractivity (Wildman–Crippen MR) is 102 cm³/mol. The first-order chi connectivity index (χ1) is 14.0. The van der Waals surface area contributed by atoms with Crippen molar-refractivity contribution in [3.63, 3.8) is 0 Å². The van der Waals surface area contributed by atoms with Crippen molar-refractivity contribution in [1.29, 1.82) is 0 Å². The summed E-state index contributed by atoms with van der Waals surface area (Å²) in [5.41, 5.74) is 0.620. The lowest BCUT2D eigenvalue weighted by Gasteiger charge is -2.25. The number of aliphatic hydroxyl groups is 1. The molecule has 1 atom stereocenters. The van der Waals surface area contributed by atoms with E-state index in [2.05, 4.69) is 4.98 Å². The molecule has 0 aliphatic carbocycles. The second-order valence-electron chi connectivity index (χ2n) is 6.44. The third kappa shape index (κ3) is 3.27. The zero-order chi connectivity index (χ0) is 20.5. The van der Waals surface area contributed by atoms with E-state index < -0.39 is 35.1 Å². The number of hydrogen-bond donors (Lipinski definition) is 1. The highest BCUT2D eigenvalue weighted by molar-refractivity contribution is 6.51. The Balaban J connectivity index is 1.94. The third-order valence-corrected chi connectivity index (χ3v) is 4.65. The fourth-order valence-electron chi connectivity index (χ4n) is 3.34. The number of hydrogen-bond acceptors (Lipinski definition) is 4. The molecule has 2 aromatic carbocycles. The fourth-order valence-corrected chi connectivity index (χ4v) is 3.34. The summed E-state index contributed by atoms with van der Waals surface area (Å²) in [5, 5.41) is 10.8. The van der Waals surface area contributed by atoms with Crippen molar-refractivity contribution in [3.05, 3.63) is 101 Å². The lowest BCUT2D eigenvalue weighted by molar-refractivity contribution is -0.132. The number of carbonyl (C=O) groups excluding carboxylic acids is 2. The van der Waals surface area contributed by atoms with E-state index >= 15 is 0 Å². The summed E-state index contributed by atoms with van der Waals surface area (Å²) in [6.45, 7) is 0. The van der Waals surface area contributed by atoms with Gasteiger partial charge < -0.3 is 5.11 Å². The Morgan fingerprint density at radius 2 is 1.72 bits per heavy atom. The van der Waals surface area contributed by atoms with Crippen LogP contribution in [0.4, 0.5) is 14.5 Å². The Morgan fingerprint density at radius 3 is 2.38 bits per heavy atom. The van der Waals surface area contributed by atoms with Crippen LogP contribution >= 0.6 is 0 Å². The molecule has 7 heteroatoms. The minimum Gasteiger partial charge on any atom is -0.507 e. The average molecular weight is 392 g/mol. The van der Waals surface area contributed by atoms with Gasteiger partial charge in [-0.1, -0.05) is 12.1 Å². The van der Waals surface area contributed by atoms with Crippen molar-refractivity contribution in [2.24, 2.45) is 0 Å². The topological polar surface area (TPSA) is 70.5 Å². The first-order valence-corrected chi connectivity index (χ1v) is 8.70. The quantitative estimate of drug-likeness (QED) is 0.416. The van der Waals surface area contributed by atoms with Crippen molar-refractivity contribution < 1.29 is 23.5 Å². The van der Waals surface area contributed by atoms with Crippen LogP contribution in [0, 0.1) is 11.6 Å². The highest BCUT2D eigenvalue weighted by Gasteiger charge is 2.47. The summed E-state index contributed by atoms with van der Waals surface area (Å²) in [5.74, 6) is -3.37. The number of rotatable bonds is 3. The van der Waals surface area contributed by atoms with Gasteiger partial charge in [0.15, 0.2) is 0 Å². The molecule has 29 heavy (non-hydrogen) atoms. The first-order valence-electron chi connectivity index (χ1n) is 8.70. The van der Waals surface area contributed by atoms with E-state index in [9.17, 15) is 23.5 Å². The summed E-state index contributed by atoms with van der Waals surface area (Å²) in [4.78, 5) is 30.8. The van der Waals surface area contributed by atoms with E-state index in [-0.39, 0.29) is 16.8 Å². The zero-order valence-corrected chi connectivity index (χ0v) is 14.9. The Bertz CT molecular complexity index is 1130. The molecule has 1 aliphatic rings. The maximum Gasteiger partial charge on any atom is 0.300 e. The second-order valence-corrected chi connectivity index (χ2v) is 6.44. The van der Waals surface area contributed by atoms with Gasteiger partial charge in [-0.25, -0.2) is 8.78 Å². The van der Waals surface area contributed by atoms with Gasteiger partial charge in [-0.3, -0.25) is 19.5 Å². The molecule has 1 unspecified atom stereocenters. The normalized spacial score (nSPS) is 18.3. The molecule has 4 rings (SSSR count). The molecule has 0 radical (unpaired) electrons. The van der Waals surface area contributed by atoms with Crippen LogP contribution in [-0.4, -0.2) is 21.8 Å². The molecule has 144 valence electrons. The lowest BCUT2D eigenvalue weighted by atomic mass is 9.96. The number of halogens is 2. The molecule has 5 nitrogen and oxygen atoms in total. The molecule has 1 N–H and O–H groups in total. The molecule has 0 bridgehead atoms. The number of ketones is 1. The van der Waals surface area contributed by atoms with Crippen LogP contribution < -0.4 is 4.90 Å². The largest absolute Gasteiger partial charge is 0.507 e. The number of Topliss-reactive ketones (excluding diaryl/α,β-unsaturated/α-hetero) is 1. The van der Waals surface area contributed by atoms with Crippen molar-refractivity contribution in [1.82, 2.24) is 4.98 Å². The number of nitrogens with zero attached hydrogens (tertiary/aromatic N) is 2. The van der Waals surface area contributed by atoms with E-state index in [0.29, 0.717) is 5.56 Å². The molecule has 3 aromatic rings. The maximum absolute atomic E-state index is 13.8. The molecule has 1 saturated heterocycles. The monoisotopic (exact) mass is 392 g/mol. The number of aliphatic hydroxyl groups excluding tert-OH is 1. The maximum atomic E-state index is 13.8. The van der Waals surface area contributed by atoms with E-state index in [0.717, 1.165) is 23.1 Å². The van der Waals surface area contributed by atoms with Crippen LogP contribution in [0.25, 0.3) is 5.76 Å². The van der Waals surface area contributed by atoms with Gasteiger partial charge in [0.25, 0.3) is 11.7 Å². The third-order valence-electron chi connectivity index (χ3n) is 4.65. The molecule has 2 heterocycles. The summed E-state index contributed by atoms with van der Waals surface area (Å²) in [6.07, 6.45) is 2.98. The van der Waals surface area contributed by atoms with Crippen molar-refractivity contribution in [2.45, 2.75) is 6.04 Å². The predicted octanol–water partition coefficient (Wildman–Crippen LogP) is 3.99. The zero-order valence-electron chi connectivity index (χ0n) is 14.9. The van der Waals surface area contributed by atoms with E-state index in [1.165, 1.54) is 42.7 Å². The van der Waals surface area contributed by atoms with Crippen LogP contribution in [0.2, 0.25) is 0 Å². The van der Waals surface area contributed by atoms with Gasteiger partial charge in [0.2, 0.25) is 0 Å². The highest BCUT2D eigenvalue weighted by atomic mass is 19.1. The number of anilines is 1. The van der Waals surface area contributed by atoms with E-state index in [4.69, 9.17) is 0 Å². The number of pyridine rings is 1. The Kier molecular flexibility index (Phi) is 4.64. The van der Waals surface area contributed by atoms with Crippen LogP contribution in [0.3, 0.4) is 0 Å². The fraction of sp³-hybridized carbons (Fsp3) is 0.0455. The number of benzene rings is 2. The Hall–Kier alpha value is -3.87. The highest BCUT2D eigenvalue weighted by Crippen LogP contribution is 2.41. The van der Waals surface area contributed by atoms with Gasteiger partial charge in [0.05, 0.1) is 11.6 Å². The Morgan fingerprint density at radius 1 is 0.966 bits per heavy atom. The molecular weight excluding hydrogens is 378 g/mol. The summed E-state index contributed by atoms with van der Waals surface area (Å²) < 4.78 is 27.1. The van der Waals surface area contributed by atoms with Gasteiger partial charge in [0.1, 0.15) is 17.4 Å². The standard InChI is InChI=1S/C22H14F2N2O3/c23-15-8-6-13(7-9-15)20(27)18-19(14-3-2-10-25-12-14)26(22(29)21(18)28)17-5-1-4-16(24)11-17/h1-12,19,27H/b20-18+. The molecule has 0 spiro atoms. The van der Waals surface area contributed by atoms with Gasteiger partial charge in [-0.05, 0) is 54.1 Å². The minimum absolute atomic E-state index is 0.166. The molecule has 1 amide bonds. The van der Waals surface area contributed by atoms with Crippen LogP contribution in [0.5, 0.6) is 0 Å². The van der Waals surface area contributed by atoms with Crippen molar-refractivity contribution >= 4 is 23.1 Å². The van der Waals surface area contributed by atoms with Crippen LogP contribution in [-0.2, 0) is 9.59 Å². The number of aromatic nitrogens is 1. The molecule has 1 aliphatic heterocycles. The van der Waals surface area contributed by atoms with E-state index in [1.807, 2.05) is 0 Å². The minimum atomic E-state index is -1.02. The number of carbonyl (C=O) groups is 2. The van der Waals surface area contributed by atoms with Crippen molar-refractivity contribution in [2.75, 3.05) is 4.90 Å². The summed E-state index contributed by atoms with van der Waals surface area (Å²) in [6, 6.07) is 12.4. The van der Waals surface area contributed by atoms with Gasteiger partial charge in [-0.15, -0.1) is 0 Å². The molecular formula is C22H14F2N2O3. The number of amides is 1. The van der Waals surface area contributed by atoms with Crippen LogP contribution in [0.1, 0.15) is 17.2 Å². The lowest BCUT2D eigenvalue weighted by Crippen LogP contribution is -2.29. The summed E-state index contributed by atoms with van der Waals surface area (Å²) in [7, 11) is 0. The van der Waals surface area contributed by atoms with Gasteiger partial charge in [-0.2, -0.15) is 0 Å². The van der Waals surface area contributed by atoms with Gasteiger partial charge in [0, 0.05) is 23.6 Å². The Labute approximate surface area is 164 Å². The van der Waals surface area contributed by atoms with Gasteiger partial charge >= 0.3 is 0 Å². The summed E-state index contributed by atoms with van der Waals surface area (Å²) >= 11 is 0. The SMILES string of the molecule is O=C1C(=O)N(c2cccc(F)c2)C(c2cccnc2)/C1=C(\O)c1ccc(F)cc1. The smallest absolute Gasteiger partial charge is 0.300 e. The average Bonchev–Trinajstić information content (AvgIpc) is 2.99. The molecule has 1 fully saturated rings. The van der Waals surface area contributed by atoms with Crippen molar-refractivity contribution in [3.8, 4) is 0 Å². The van der Waals surface area contributed by atoms with E-state index in [1.54, 1.807) is 12.1 Å². The van der Waals surface area contributed by atoms with Crippen LogP contribution in [0.15, 0.2) is 78.6 Å². The first kappa shape index (κ1) is 18.5. The second kappa shape index (κ2) is 7.27. The molecule has 1 aromatic heterocycles.